The lowest BCUT2D eigenvalue weighted by molar-refractivity contribution is 0.355. The van der Waals surface area contributed by atoms with E-state index in [0.717, 1.165) is 36.3 Å². The summed E-state index contributed by atoms with van der Waals surface area (Å²) in [7, 11) is 0. The summed E-state index contributed by atoms with van der Waals surface area (Å²) in [5.74, 6) is 2.58. The number of hydrogen-bond acceptors (Lipinski definition) is 3. The second-order valence-electron chi connectivity index (χ2n) is 5.04. The molecule has 1 saturated heterocycles. The zero-order valence-corrected chi connectivity index (χ0v) is 10.2. The van der Waals surface area contributed by atoms with Crippen molar-refractivity contribution in [1.29, 1.82) is 0 Å². The van der Waals surface area contributed by atoms with Crippen LogP contribution in [-0.4, -0.2) is 18.1 Å². The second-order valence-corrected chi connectivity index (χ2v) is 5.04. The molecule has 3 nitrogen and oxygen atoms in total. The molecule has 2 atom stereocenters. The van der Waals surface area contributed by atoms with Crippen LogP contribution >= 0.6 is 0 Å². The van der Waals surface area contributed by atoms with Crippen LogP contribution < -0.4 is 10.6 Å². The average molecular weight is 219 g/mol. The Morgan fingerprint density at radius 3 is 2.69 bits per heavy atom. The topological polar surface area (TPSA) is 42.2 Å². The van der Waals surface area contributed by atoms with Crippen molar-refractivity contribution in [2.45, 2.75) is 26.8 Å². The van der Waals surface area contributed by atoms with Crippen molar-refractivity contribution in [3.63, 3.8) is 0 Å². The molecular formula is C13H21N3. The molecule has 2 N–H and O–H groups in total. The fraction of sp³-hybridized carbons (Fsp3) is 0.615. The fourth-order valence-corrected chi connectivity index (χ4v) is 2.71. The molecule has 0 aliphatic carbocycles. The van der Waals surface area contributed by atoms with Gasteiger partial charge in [0.25, 0.3) is 0 Å². The third-order valence-electron chi connectivity index (χ3n) is 3.26. The minimum absolute atomic E-state index is 0.572. The highest BCUT2D eigenvalue weighted by Gasteiger charge is 2.23. The van der Waals surface area contributed by atoms with E-state index in [1.54, 1.807) is 0 Å². The van der Waals surface area contributed by atoms with Crippen LogP contribution in [0.25, 0.3) is 0 Å². The molecule has 0 bridgehead atoms. The summed E-state index contributed by atoms with van der Waals surface area (Å²) in [6, 6.07) is 4.04. The first-order valence-electron chi connectivity index (χ1n) is 6.09. The molecule has 0 amide bonds. The van der Waals surface area contributed by atoms with Crippen LogP contribution in [0.2, 0.25) is 0 Å². The highest BCUT2D eigenvalue weighted by molar-refractivity contribution is 5.47. The maximum absolute atomic E-state index is 5.76. The molecule has 1 aromatic heterocycles. The van der Waals surface area contributed by atoms with Gasteiger partial charge in [-0.1, -0.05) is 19.9 Å². The molecule has 2 heterocycles. The van der Waals surface area contributed by atoms with Crippen LogP contribution in [0.3, 0.4) is 0 Å². The van der Waals surface area contributed by atoms with E-state index in [2.05, 4.69) is 29.8 Å². The van der Waals surface area contributed by atoms with Gasteiger partial charge in [0.1, 0.15) is 5.82 Å². The van der Waals surface area contributed by atoms with Gasteiger partial charge in [-0.2, -0.15) is 0 Å². The van der Waals surface area contributed by atoms with E-state index in [1.807, 2.05) is 12.3 Å². The van der Waals surface area contributed by atoms with E-state index in [0.29, 0.717) is 6.54 Å². The standard InChI is InChI=1S/C13H21N3/c1-10-6-11(2)9-16(8-10)13-12(7-14)4-3-5-15-13/h3-5,10-11H,6-9,14H2,1-2H3. The van der Waals surface area contributed by atoms with E-state index in [-0.39, 0.29) is 0 Å². The SMILES string of the molecule is CC1CC(C)CN(c2ncccc2CN)C1. The summed E-state index contributed by atoms with van der Waals surface area (Å²) >= 11 is 0. The van der Waals surface area contributed by atoms with Gasteiger partial charge in [-0.3, -0.25) is 0 Å². The van der Waals surface area contributed by atoms with Crippen molar-refractivity contribution in [2.75, 3.05) is 18.0 Å². The zero-order valence-electron chi connectivity index (χ0n) is 10.2. The van der Waals surface area contributed by atoms with Gasteiger partial charge in [-0.05, 0) is 24.3 Å². The van der Waals surface area contributed by atoms with Crippen LogP contribution in [0.1, 0.15) is 25.8 Å². The molecule has 0 radical (unpaired) electrons. The van der Waals surface area contributed by atoms with Gasteiger partial charge in [-0.25, -0.2) is 4.98 Å². The largest absolute Gasteiger partial charge is 0.356 e. The van der Waals surface area contributed by atoms with Crippen LogP contribution in [0, 0.1) is 11.8 Å². The Hall–Kier alpha value is -1.09. The van der Waals surface area contributed by atoms with E-state index in [1.165, 1.54) is 6.42 Å². The first kappa shape index (κ1) is 11.4. The monoisotopic (exact) mass is 219 g/mol. The quantitative estimate of drug-likeness (QED) is 0.827. The first-order valence-corrected chi connectivity index (χ1v) is 6.09. The molecule has 0 aromatic carbocycles. The molecule has 2 rings (SSSR count). The fourth-order valence-electron chi connectivity index (χ4n) is 2.71. The molecule has 0 saturated carbocycles. The number of hydrogen-bond donors (Lipinski definition) is 1. The van der Waals surface area contributed by atoms with E-state index in [9.17, 15) is 0 Å². The maximum atomic E-state index is 5.76. The summed E-state index contributed by atoms with van der Waals surface area (Å²) in [5.41, 5.74) is 6.92. The number of aromatic nitrogens is 1. The van der Waals surface area contributed by atoms with Gasteiger partial charge in [0, 0.05) is 31.4 Å². The van der Waals surface area contributed by atoms with E-state index in [4.69, 9.17) is 5.73 Å². The van der Waals surface area contributed by atoms with Gasteiger partial charge in [-0.15, -0.1) is 0 Å². The van der Waals surface area contributed by atoms with Gasteiger partial charge in [0.2, 0.25) is 0 Å². The number of pyridine rings is 1. The Balaban J connectivity index is 2.22. The predicted molar refractivity (Wildman–Crippen MR) is 67.3 cm³/mol. The van der Waals surface area contributed by atoms with Gasteiger partial charge in [0.15, 0.2) is 0 Å². The van der Waals surface area contributed by atoms with Crippen molar-refractivity contribution in [3.05, 3.63) is 23.9 Å². The predicted octanol–water partition coefficient (Wildman–Crippen LogP) is 2.02. The van der Waals surface area contributed by atoms with Crippen molar-refractivity contribution < 1.29 is 0 Å². The summed E-state index contributed by atoms with van der Waals surface area (Å²) < 4.78 is 0. The summed E-state index contributed by atoms with van der Waals surface area (Å²) in [6.07, 6.45) is 3.18. The van der Waals surface area contributed by atoms with Crippen LogP contribution in [0.15, 0.2) is 18.3 Å². The number of piperidine rings is 1. The molecular weight excluding hydrogens is 198 g/mol. The number of rotatable bonds is 2. The minimum Gasteiger partial charge on any atom is -0.356 e. The van der Waals surface area contributed by atoms with Crippen LogP contribution in [-0.2, 0) is 6.54 Å². The number of nitrogens with two attached hydrogens (primary N) is 1. The average Bonchev–Trinajstić information content (AvgIpc) is 2.27. The number of nitrogens with zero attached hydrogens (tertiary/aromatic N) is 2. The summed E-state index contributed by atoms with van der Waals surface area (Å²) in [4.78, 5) is 6.88. The van der Waals surface area contributed by atoms with Crippen LogP contribution in [0.4, 0.5) is 5.82 Å². The molecule has 0 spiro atoms. The third kappa shape index (κ3) is 2.35. The smallest absolute Gasteiger partial charge is 0.133 e. The Labute approximate surface area is 97.7 Å². The molecule has 1 fully saturated rings. The van der Waals surface area contributed by atoms with Crippen molar-refractivity contribution in [2.24, 2.45) is 17.6 Å². The molecule has 3 heteroatoms. The normalized spacial score (nSPS) is 25.8. The molecule has 2 unspecified atom stereocenters. The molecule has 16 heavy (non-hydrogen) atoms. The molecule has 1 aliphatic rings. The first-order chi connectivity index (χ1) is 7.70. The molecule has 88 valence electrons. The molecule has 1 aromatic rings. The summed E-state index contributed by atoms with van der Waals surface area (Å²) in [5, 5.41) is 0. The summed E-state index contributed by atoms with van der Waals surface area (Å²) in [6.45, 7) is 7.41. The highest BCUT2D eigenvalue weighted by Crippen LogP contribution is 2.26. The van der Waals surface area contributed by atoms with E-state index < -0.39 is 0 Å². The lowest BCUT2D eigenvalue weighted by atomic mass is 9.91. The Kier molecular flexibility index (Phi) is 3.44. The Morgan fingerprint density at radius 2 is 2.06 bits per heavy atom. The third-order valence-corrected chi connectivity index (χ3v) is 3.26. The highest BCUT2D eigenvalue weighted by atomic mass is 15.2. The second kappa shape index (κ2) is 4.83. The molecule has 1 aliphatic heterocycles. The zero-order chi connectivity index (χ0) is 11.5. The van der Waals surface area contributed by atoms with Gasteiger partial charge in [0.05, 0.1) is 0 Å². The lowest BCUT2D eigenvalue weighted by Gasteiger charge is -2.36. The van der Waals surface area contributed by atoms with Gasteiger partial charge < -0.3 is 10.6 Å². The van der Waals surface area contributed by atoms with E-state index >= 15 is 0 Å². The van der Waals surface area contributed by atoms with Gasteiger partial charge >= 0.3 is 0 Å². The Bertz CT molecular complexity index is 341. The Morgan fingerprint density at radius 1 is 1.38 bits per heavy atom. The minimum atomic E-state index is 0.572. The lowest BCUT2D eigenvalue weighted by Crippen LogP contribution is -2.39. The van der Waals surface area contributed by atoms with Crippen molar-refractivity contribution in [3.8, 4) is 0 Å². The van der Waals surface area contributed by atoms with Crippen molar-refractivity contribution >= 4 is 5.82 Å². The van der Waals surface area contributed by atoms with Crippen molar-refractivity contribution in [1.82, 2.24) is 4.98 Å². The maximum Gasteiger partial charge on any atom is 0.133 e. The number of anilines is 1. The van der Waals surface area contributed by atoms with Crippen LogP contribution in [0.5, 0.6) is 0 Å².